The van der Waals surface area contributed by atoms with Gasteiger partial charge in [0.1, 0.15) is 6.07 Å². The van der Waals surface area contributed by atoms with E-state index in [0.717, 1.165) is 5.56 Å². The van der Waals surface area contributed by atoms with Gasteiger partial charge in [0.25, 0.3) is 0 Å². The van der Waals surface area contributed by atoms with E-state index >= 15 is 0 Å². The number of amides is 1. The van der Waals surface area contributed by atoms with Gasteiger partial charge in [-0.2, -0.15) is 5.26 Å². The van der Waals surface area contributed by atoms with Gasteiger partial charge in [0.15, 0.2) is 5.78 Å². The highest BCUT2D eigenvalue weighted by molar-refractivity contribution is 6.30. The molecule has 0 radical (unpaired) electrons. The third kappa shape index (κ3) is 3.09. The second kappa shape index (κ2) is 6.00. The maximum Gasteiger partial charge on any atom is 0.229 e. The minimum atomic E-state index is -0.559. The number of carbonyl (C=O) groups is 2. The summed E-state index contributed by atoms with van der Waals surface area (Å²) in [6.45, 7) is 6.77. The van der Waals surface area contributed by atoms with Crippen LogP contribution in [0.3, 0.4) is 0 Å². The first kappa shape index (κ1) is 17.7. The van der Waals surface area contributed by atoms with Gasteiger partial charge in [-0.3, -0.25) is 9.59 Å². The first-order chi connectivity index (χ1) is 11.7. The number of benzene rings is 1. The van der Waals surface area contributed by atoms with Crippen molar-refractivity contribution in [3.63, 3.8) is 0 Å². The van der Waals surface area contributed by atoms with Crippen LogP contribution in [0.15, 0.2) is 35.9 Å². The zero-order valence-electron chi connectivity index (χ0n) is 14.7. The van der Waals surface area contributed by atoms with Crippen molar-refractivity contribution in [1.29, 1.82) is 5.26 Å². The Hall–Kier alpha value is -2.12. The molecule has 130 valence electrons. The molecule has 1 aliphatic carbocycles. The SMILES string of the molecule is CC(C(=O)N1CC2(C=C(C#N)C(=O)C(C)(C)C2)C1)c1ccc(Cl)cc1. The molecule has 1 spiro atoms. The zero-order valence-corrected chi connectivity index (χ0v) is 15.4. The minimum Gasteiger partial charge on any atom is -0.340 e. The van der Waals surface area contributed by atoms with Crippen LogP contribution in [0.25, 0.3) is 0 Å². The summed E-state index contributed by atoms with van der Waals surface area (Å²) >= 11 is 5.90. The predicted molar refractivity (Wildman–Crippen MR) is 96.0 cm³/mol. The van der Waals surface area contributed by atoms with Crippen molar-refractivity contribution >= 4 is 23.3 Å². The number of nitrogens with zero attached hydrogens (tertiary/aromatic N) is 2. The van der Waals surface area contributed by atoms with Crippen molar-refractivity contribution in [2.24, 2.45) is 10.8 Å². The first-order valence-corrected chi connectivity index (χ1v) is 8.77. The van der Waals surface area contributed by atoms with Gasteiger partial charge in [-0.15, -0.1) is 0 Å². The highest BCUT2D eigenvalue weighted by Crippen LogP contribution is 2.48. The highest BCUT2D eigenvalue weighted by Gasteiger charge is 2.52. The largest absolute Gasteiger partial charge is 0.340 e. The Morgan fingerprint density at radius 2 is 1.88 bits per heavy atom. The van der Waals surface area contributed by atoms with Crippen LogP contribution in [0.4, 0.5) is 0 Å². The molecule has 1 fully saturated rings. The minimum absolute atomic E-state index is 0.0644. The van der Waals surface area contributed by atoms with E-state index in [2.05, 4.69) is 0 Å². The van der Waals surface area contributed by atoms with E-state index in [4.69, 9.17) is 11.6 Å². The Kier molecular flexibility index (Phi) is 4.25. The molecular formula is C20H21ClN2O2. The summed E-state index contributed by atoms with van der Waals surface area (Å²) in [7, 11) is 0. The van der Waals surface area contributed by atoms with Crippen molar-refractivity contribution in [3.05, 3.63) is 46.5 Å². The Morgan fingerprint density at radius 3 is 2.44 bits per heavy atom. The molecule has 0 aromatic heterocycles. The van der Waals surface area contributed by atoms with Gasteiger partial charge in [0.05, 0.1) is 11.5 Å². The van der Waals surface area contributed by atoms with E-state index in [1.165, 1.54) is 0 Å². The lowest BCUT2D eigenvalue weighted by Gasteiger charge is -2.53. The summed E-state index contributed by atoms with van der Waals surface area (Å²) in [5.74, 6) is -0.276. The summed E-state index contributed by atoms with van der Waals surface area (Å²) < 4.78 is 0. The Balaban J connectivity index is 1.74. The maximum atomic E-state index is 12.8. The topological polar surface area (TPSA) is 61.2 Å². The fourth-order valence-corrected chi connectivity index (χ4v) is 4.20. The summed E-state index contributed by atoms with van der Waals surface area (Å²) in [6, 6.07) is 9.34. The highest BCUT2D eigenvalue weighted by atomic mass is 35.5. The number of hydrogen-bond donors (Lipinski definition) is 0. The number of likely N-dealkylation sites (tertiary alicyclic amines) is 1. The van der Waals surface area contributed by atoms with Gasteiger partial charge in [-0.05, 0) is 31.0 Å². The molecular weight excluding hydrogens is 336 g/mol. The molecule has 1 aromatic rings. The van der Waals surface area contributed by atoms with Gasteiger partial charge >= 0.3 is 0 Å². The summed E-state index contributed by atoms with van der Waals surface area (Å²) in [5, 5.41) is 9.90. The average Bonchev–Trinajstić information content (AvgIpc) is 2.54. The number of hydrogen-bond acceptors (Lipinski definition) is 3. The van der Waals surface area contributed by atoms with E-state index in [0.29, 0.717) is 24.5 Å². The van der Waals surface area contributed by atoms with Crippen LogP contribution in [-0.4, -0.2) is 29.7 Å². The van der Waals surface area contributed by atoms with Gasteiger partial charge < -0.3 is 4.90 Å². The van der Waals surface area contributed by atoms with Crippen LogP contribution in [0, 0.1) is 22.2 Å². The molecule has 0 saturated carbocycles. The number of ketones is 1. The maximum absolute atomic E-state index is 12.8. The smallest absolute Gasteiger partial charge is 0.229 e. The molecule has 1 aliphatic heterocycles. The fourth-order valence-electron chi connectivity index (χ4n) is 4.07. The van der Waals surface area contributed by atoms with Crippen molar-refractivity contribution in [1.82, 2.24) is 4.90 Å². The summed E-state index contributed by atoms with van der Waals surface area (Å²) in [5.41, 5.74) is 0.353. The summed E-state index contributed by atoms with van der Waals surface area (Å²) in [6.07, 6.45) is 2.46. The number of allylic oxidation sites excluding steroid dienone is 1. The lowest BCUT2D eigenvalue weighted by molar-refractivity contribution is -0.145. The first-order valence-electron chi connectivity index (χ1n) is 8.39. The number of nitriles is 1. The van der Waals surface area contributed by atoms with E-state index in [1.807, 2.05) is 43.9 Å². The number of Topliss-reactive ketones (excluding diaryl/α,β-unsaturated/α-hetero) is 1. The molecule has 1 amide bonds. The van der Waals surface area contributed by atoms with E-state index in [1.54, 1.807) is 18.2 Å². The van der Waals surface area contributed by atoms with Gasteiger partial charge in [-0.25, -0.2) is 0 Å². The standard InChI is InChI=1S/C20H21ClN2O2/c1-13(14-4-6-16(21)7-5-14)18(25)23-11-20(12-23)8-15(9-22)17(24)19(2,3)10-20/h4-8,13H,10-12H2,1-3H3. The Morgan fingerprint density at radius 1 is 1.28 bits per heavy atom. The monoisotopic (exact) mass is 356 g/mol. The van der Waals surface area contributed by atoms with Crippen molar-refractivity contribution in [2.75, 3.05) is 13.1 Å². The van der Waals surface area contributed by atoms with E-state index < -0.39 is 5.41 Å². The van der Waals surface area contributed by atoms with Crippen LogP contribution < -0.4 is 0 Å². The summed E-state index contributed by atoms with van der Waals surface area (Å²) in [4.78, 5) is 26.8. The molecule has 1 aromatic carbocycles. The van der Waals surface area contributed by atoms with Gasteiger partial charge in [0, 0.05) is 28.9 Å². The number of carbonyl (C=O) groups excluding carboxylic acids is 2. The quantitative estimate of drug-likeness (QED) is 0.811. The van der Waals surface area contributed by atoms with Crippen LogP contribution in [0.1, 0.15) is 38.7 Å². The molecule has 0 N–H and O–H groups in total. The predicted octanol–water partition coefficient (Wildman–Crippen LogP) is 3.72. The fraction of sp³-hybridized carbons (Fsp3) is 0.450. The van der Waals surface area contributed by atoms with Crippen LogP contribution >= 0.6 is 11.6 Å². The average molecular weight is 357 g/mol. The third-order valence-corrected chi connectivity index (χ3v) is 5.54. The molecule has 1 unspecified atom stereocenters. The Labute approximate surface area is 153 Å². The Bertz CT molecular complexity index is 796. The molecule has 1 saturated heterocycles. The molecule has 5 heteroatoms. The number of halogens is 1. The molecule has 2 aliphatic rings. The number of rotatable bonds is 2. The van der Waals surface area contributed by atoms with E-state index in [9.17, 15) is 14.9 Å². The van der Waals surface area contributed by atoms with Crippen LogP contribution in [-0.2, 0) is 9.59 Å². The molecule has 1 atom stereocenters. The zero-order chi connectivity index (χ0) is 18.4. The van der Waals surface area contributed by atoms with Crippen molar-refractivity contribution < 1.29 is 9.59 Å². The van der Waals surface area contributed by atoms with Crippen LogP contribution in [0.5, 0.6) is 0 Å². The lowest BCUT2D eigenvalue weighted by atomic mass is 9.61. The van der Waals surface area contributed by atoms with Gasteiger partial charge in [0.2, 0.25) is 5.91 Å². The van der Waals surface area contributed by atoms with Crippen molar-refractivity contribution in [3.8, 4) is 6.07 Å². The van der Waals surface area contributed by atoms with E-state index in [-0.39, 0.29) is 28.6 Å². The lowest BCUT2D eigenvalue weighted by Crippen LogP contribution is -2.61. The van der Waals surface area contributed by atoms with Gasteiger partial charge in [-0.1, -0.05) is 43.7 Å². The molecule has 4 nitrogen and oxygen atoms in total. The second-order valence-electron chi connectivity index (χ2n) is 7.89. The molecule has 0 bridgehead atoms. The second-order valence-corrected chi connectivity index (χ2v) is 8.33. The molecule has 25 heavy (non-hydrogen) atoms. The molecule has 1 heterocycles. The van der Waals surface area contributed by atoms with Crippen molar-refractivity contribution in [2.45, 2.75) is 33.1 Å². The molecule has 3 rings (SSSR count). The van der Waals surface area contributed by atoms with Crippen LogP contribution in [0.2, 0.25) is 5.02 Å². The third-order valence-electron chi connectivity index (χ3n) is 5.29. The normalized spacial score (nSPS) is 22.0.